The third-order valence-corrected chi connectivity index (χ3v) is 5.50. The second-order valence-electron chi connectivity index (χ2n) is 6.99. The predicted octanol–water partition coefficient (Wildman–Crippen LogP) is 3.53. The summed E-state index contributed by atoms with van der Waals surface area (Å²) in [7, 11) is 1.51. The second kappa shape index (κ2) is 10.5. The average molecular weight is 461 g/mol. The molecule has 2 amide bonds. The van der Waals surface area contributed by atoms with Crippen LogP contribution in [-0.4, -0.2) is 55.1 Å². The van der Waals surface area contributed by atoms with E-state index >= 15 is 0 Å². The van der Waals surface area contributed by atoms with Gasteiger partial charge in [0.25, 0.3) is 5.91 Å². The second-order valence-corrected chi connectivity index (χ2v) is 7.84. The molecule has 1 aliphatic rings. The number of nitrogens with zero attached hydrogens (tertiary/aromatic N) is 2. The quantitative estimate of drug-likeness (QED) is 0.665. The molecule has 2 aromatic carbocycles. The highest BCUT2D eigenvalue weighted by molar-refractivity contribution is 7.80. The van der Waals surface area contributed by atoms with Crippen LogP contribution >= 0.6 is 23.8 Å². The molecule has 0 unspecified atom stereocenters. The minimum atomic E-state index is -0.370. The van der Waals surface area contributed by atoms with Gasteiger partial charge in [0.15, 0.2) is 5.11 Å². The third kappa shape index (κ3) is 5.65. The van der Waals surface area contributed by atoms with Crippen molar-refractivity contribution in [3.05, 3.63) is 53.1 Å². The van der Waals surface area contributed by atoms with Crippen LogP contribution in [0, 0.1) is 0 Å². The Balaban J connectivity index is 1.70. The summed E-state index contributed by atoms with van der Waals surface area (Å²) < 4.78 is 5.24. The van der Waals surface area contributed by atoms with Crippen molar-refractivity contribution >= 4 is 52.1 Å². The molecular weight excluding hydrogens is 436 g/mol. The third-order valence-electron chi connectivity index (χ3n) is 5.06. The van der Waals surface area contributed by atoms with Gasteiger partial charge in [-0.15, -0.1) is 0 Å². The van der Waals surface area contributed by atoms with Crippen molar-refractivity contribution in [1.29, 1.82) is 0 Å². The zero-order valence-corrected chi connectivity index (χ0v) is 19.1. The standard InChI is InChI=1S/C22H25ClN4O3S/c1-3-20(28)27-12-10-26(11-13-27)18-9-8-15(23)14-17(18)24-22(31)25-21(29)16-6-4-5-7-19(16)30-2/h4-9,14H,3,10-13H2,1-2H3,(H2,24,25,29,31). The van der Waals surface area contributed by atoms with Crippen LogP contribution in [-0.2, 0) is 4.79 Å². The number of hydrogen-bond donors (Lipinski definition) is 2. The number of thiocarbonyl (C=S) groups is 1. The van der Waals surface area contributed by atoms with Gasteiger partial charge < -0.3 is 19.9 Å². The van der Waals surface area contributed by atoms with Crippen LogP contribution in [0.25, 0.3) is 0 Å². The van der Waals surface area contributed by atoms with E-state index in [1.807, 2.05) is 24.0 Å². The summed E-state index contributed by atoms with van der Waals surface area (Å²) in [6.07, 6.45) is 0.508. The van der Waals surface area contributed by atoms with Gasteiger partial charge in [0.1, 0.15) is 5.75 Å². The lowest BCUT2D eigenvalue weighted by Gasteiger charge is -2.37. The fraction of sp³-hybridized carbons (Fsp3) is 0.318. The lowest BCUT2D eigenvalue weighted by molar-refractivity contribution is -0.131. The summed E-state index contributed by atoms with van der Waals surface area (Å²) in [6, 6.07) is 12.4. The highest BCUT2D eigenvalue weighted by atomic mass is 35.5. The predicted molar refractivity (Wildman–Crippen MR) is 127 cm³/mol. The molecule has 0 saturated carbocycles. The summed E-state index contributed by atoms with van der Waals surface area (Å²) in [5.41, 5.74) is 1.98. The van der Waals surface area contributed by atoms with Crippen LogP contribution in [0.5, 0.6) is 5.75 Å². The Bertz CT molecular complexity index is 977. The molecule has 0 aliphatic carbocycles. The molecule has 2 aromatic rings. The van der Waals surface area contributed by atoms with Gasteiger partial charge in [0.2, 0.25) is 5.91 Å². The molecule has 164 valence electrons. The SMILES string of the molecule is CCC(=O)N1CCN(c2ccc(Cl)cc2NC(=S)NC(=O)c2ccccc2OC)CC1. The van der Waals surface area contributed by atoms with Crippen LogP contribution in [0.1, 0.15) is 23.7 Å². The maximum Gasteiger partial charge on any atom is 0.261 e. The van der Waals surface area contributed by atoms with Crippen LogP contribution in [0.15, 0.2) is 42.5 Å². The lowest BCUT2D eigenvalue weighted by Crippen LogP contribution is -2.48. The lowest BCUT2D eigenvalue weighted by atomic mass is 10.2. The van der Waals surface area contributed by atoms with Crippen molar-refractivity contribution < 1.29 is 14.3 Å². The van der Waals surface area contributed by atoms with Crippen molar-refractivity contribution in [2.75, 3.05) is 43.5 Å². The first-order chi connectivity index (χ1) is 14.9. The minimum Gasteiger partial charge on any atom is -0.496 e. The number of nitrogens with one attached hydrogen (secondary N) is 2. The molecule has 3 rings (SSSR count). The number of hydrogen-bond acceptors (Lipinski definition) is 5. The number of para-hydroxylation sites is 1. The zero-order chi connectivity index (χ0) is 22.4. The van der Waals surface area contributed by atoms with E-state index in [1.54, 1.807) is 30.3 Å². The molecule has 0 atom stereocenters. The summed E-state index contributed by atoms with van der Waals surface area (Å²) >= 11 is 11.6. The largest absolute Gasteiger partial charge is 0.496 e. The van der Waals surface area contributed by atoms with Gasteiger partial charge in [-0.3, -0.25) is 14.9 Å². The minimum absolute atomic E-state index is 0.152. The van der Waals surface area contributed by atoms with Gasteiger partial charge >= 0.3 is 0 Å². The summed E-state index contributed by atoms with van der Waals surface area (Å²) in [5, 5.41) is 6.47. The van der Waals surface area contributed by atoms with Gasteiger partial charge in [0.05, 0.1) is 24.0 Å². The van der Waals surface area contributed by atoms with Crippen LogP contribution in [0.3, 0.4) is 0 Å². The van der Waals surface area contributed by atoms with E-state index in [9.17, 15) is 9.59 Å². The molecule has 7 nitrogen and oxygen atoms in total. The number of halogens is 1. The number of carbonyl (C=O) groups excluding carboxylic acids is 2. The first-order valence-corrected chi connectivity index (χ1v) is 10.8. The van der Waals surface area contributed by atoms with Gasteiger partial charge in [0, 0.05) is 37.6 Å². The molecule has 2 N–H and O–H groups in total. The molecule has 1 heterocycles. The molecule has 1 aliphatic heterocycles. The van der Waals surface area contributed by atoms with E-state index in [4.69, 9.17) is 28.6 Å². The van der Waals surface area contributed by atoms with Crippen molar-refractivity contribution in [2.24, 2.45) is 0 Å². The molecular formula is C22H25ClN4O3S. The number of carbonyl (C=O) groups is 2. The Hall–Kier alpha value is -2.84. The number of benzene rings is 2. The first-order valence-electron chi connectivity index (χ1n) is 10.0. The van der Waals surface area contributed by atoms with E-state index < -0.39 is 0 Å². The number of rotatable bonds is 5. The van der Waals surface area contributed by atoms with Crippen molar-refractivity contribution in [3.63, 3.8) is 0 Å². The summed E-state index contributed by atoms with van der Waals surface area (Å²) in [4.78, 5) is 28.6. The highest BCUT2D eigenvalue weighted by Crippen LogP contribution is 2.30. The Morgan fingerprint density at radius 1 is 1.13 bits per heavy atom. The summed E-state index contributed by atoms with van der Waals surface area (Å²) in [6.45, 7) is 4.58. The number of piperazine rings is 1. The Morgan fingerprint density at radius 2 is 1.84 bits per heavy atom. The molecule has 1 fully saturated rings. The normalized spacial score (nSPS) is 13.5. The number of ether oxygens (including phenoxy) is 1. The average Bonchev–Trinajstić information content (AvgIpc) is 2.78. The molecule has 0 bridgehead atoms. The van der Waals surface area contributed by atoms with Crippen molar-refractivity contribution in [2.45, 2.75) is 13.3 Å². The Labute approximate surface area is 192 Å². The van der Waals surface area contributed by atoms with E-state index in [-0.39, 0.29) is 16.9 Å². The monoisotopic (exact) mass is 460 g/mol. The zero-order valence-electron chi connectivity index (χ0n) is 17.5. The molecule has 1 saturated heterocycles. The number of anilines is 2. The molecule has 9 heteroatoms. The Kier molecular flexibility index (Phi) is 7.70. The maximum absolute atomic E-state index is 12.6. The maximum atomic E-state index is 12.6. The van der Waals surface area contributed by atoms with Crippen LogP contribution in [0.4, 0.5) is 11.4 Å². The van der Waals surface area contributed by atoms with Gasteiger partial charge in [-0.05, 0) is 42.5 Å². The van der Waals surface area contributed by atoms with Crippen molar-refractivity contribution in [1.82, 2.24) is 10.2 Å². The van der Waals surface area contributed by atoms with Gasteiger partial charge in [-0.2, -0.15) is 0 Å². The first kappa shape index (κ1) is 22.8. The molecule has 0 aromatic heterocycles. The Morgan fingerprint density at radius 3 is 2.52 bits per heavy atom. The molecule has 31 heavy (non-hydrogen) atoms. The van der Waals surface area contributed by atoms with Gasteiger partial charge in [-0.25, -0.2) is 0 Å². The highest BCUT2D eigenvalue weighted by Gasteiger charge is 2.22. The smallest absolute Gasteiger partial charge is 0.261 e. The van der Waals surface area contributed by atoms with E-state index in [0.29, 0.717) is 54.6 Å². The fourth-order valence-corrected chi connectivity index (χ4v) is 3.84. The molecule has 0 radical (unpaired) electrons. The summed E-state index contributed by atoms with van der Waals surface area (Å²) in [5.74, 6) is 0.255. The topological polar surface area (TPSA) is 73.9 Å². The fourth-order valence-electron chi connectivity index (χ4n) is 3.46. The van der Waals surface area contributed by atoms with E-state index in [0.717, 1.165) is 5.69 Å². The van der Waals surface area contributed by atoms with Crippen LogP contribution < -0.4 is 20.3 Å². The van der Waals surface area contributed by atoms with Crippen LogP contribution in [0.2, 0.25) is 5.02 Å². The molecule has 0 spiro atoms. The van der Waals surface area contributed by atoms with E-state index in [2.05, 4.69) is 15.5 Å². The van der Waals surface area contributed by atoms with Crippen molar-refractivity contribution in [3.8, 4) is 5.75 Å². The van der Waals surface area contributed by atoms with Gasteiger partial charge in [-0.1, -0.05) is 30.7 Å². The number of methoxy groups -OCH3 is 1. The number of amides is 2. The van der Waals surface area contributed by atoms with E-state index in [1.165, 1.54) is 7.11 Å².